The third-order valence-corrected chi connectivity index (χ3v) is 11.9. The zero-order chi connectivity index (χ0) is 22.0. The average molecular weight is 505 g/mol. The van der Waals surface area contributed by atoms with Crippen molar-refractivity contribution >= 4 is 69.6 Å². The molecule has 31 heavy (non-hydrogen) atoms. The lowest BCUT2D eigenvalue weighted by Gasteiger charge is -2.29. The zero-order valence-corrected chi connectivity index (χ0v) is 20.7. The molecule has 0 atom stereocenters. The summed E-state index contributed by atoms with van der Waals surface area (Å²) < 4.78 is 0. The van der Waals surface area contributed by atoms with Gasteiger partial charge >= 0.3 is 0 Å². The minimum atomic E-state index is -2.17. The Morgan fingerprint density at radius 1 is 0.516 bits per heavy atom. The standard InChI is InChI=1S/C26H20Cl4P/c1-18-23(27)25(29)22(26(30)24(18)28)17-31(19-11-5-2-6-12-19,20-13-7-3-8-14-20)21-15-9-4-10-16-21/h2-16H,17H2,1H3/q+1. The summed E-state index contributed by atoms with van der Waals surface area (Å²) in [6.45, 7) is 1.83. The molecule has 0 aliphatic carbocycles. The highest BCUT2D eigenvalue weighted by molar-refractivity contribution is 7.95. The topological polar surface area (TPSA) is 0 Å². The van der Waals surface area contributed by atoms with E-state index in [0.29, 0.717) is 31.8 Å². The van der Waals surface area contributed by atoms with Gasteiger partial charge < -0.3 is 0 Å². The van der Waals surface area contributed by atoms with E-state index in [2.05, 4.69) is 72.8 Å². The molecule has 0 amide bonds. The minimum Gasteiger partial charge on any atom is -0.0823 e. The van der Waals surface area contributed by atoms with Crippen LogP contribution in [0.5, 0.6) is 0 Å². The molecule has 0 heterocycles. The predicted octanol–water partition coefficient (Wildman–Crippen LogP) is 8.10. The number of rotatable bonds is 5. The number of benzene rings is 4. The van der Waals surface area contributed by atoms with Crippen molar-refractivity contribution < 1.29 is 0 Å². The van der Waals surface area contributed by atoms with Gasteiger partial charge in [-0.25, -0.2) is 0 Å². The molecular formula is C26H20Cl4P+. The van der Waals surface area contributed by atoms with Gasteiger partial charge in [-0.3, -0.25) is 0 Å². The summed E-state index contributed by atoms with van der Waals surface area (Å²) in [5, 5.41) is 5.59. The van der Waals surface area contributed by atoms with Gasteiger partial charge in [0.1, 0.15) is 29.3 Å². The molecule has 4 rings (SSSR count). The van der Waals surface area contributed by atoms with Gasteiger partial charge in [0.25, 0.3) is 0 Å². The fourth-order valence-electron chi connectivity index (χ4n) is 3.93. The van der Waals surface area contributed by atoms with Crippen molar-refractivity contribution in [3.63, 3.8) is 0 Å². The second-order valence-corrected chi connectivity index (χ2v) is 12.3. The lowest BCUT2D eigenvalue weighted by atomic mass is 10.1. The van der Waals surface area contributed by atoms with Crippen molar-refractivity contribution in [1.82, 2.24) is 0 Å². The van der Waals surface area contributed by atoms with Crippen LogP contribution in [-0.4, -0.2) is 0 Å². The van der Waals surface area contributed by atoms with Crippen LogP contribution in [0.4, 0.5) is 0 Å². The lowest BCUT2D eigenvalue weighted by molar-refractivity contribution is 1.35. The molecule has 0 spiro atoms. The van der Waals surface area contributed by atoms with E-state index < -0.39 is 7.26 Å². The highest BCUT2D eigenvalue weighted by Crippen LogP contribution is 2.60. The van der Waals surface area contributed by atoms with Crippen LogP contribution < -0.4 is 15.9 Å². The largest absolute Gasteiger partial charge is 0.116 e. The van der Waals surface area contributed by atoms with Gasteiger partial charge in [-0.15, -0.1) is 0 Å². The number of halogens is 4. The Morgan fingerprint density at radius 3 is 1.16 bits per heavy atom. The summed E-state index contributed by atoms with van der Waals surface area (Å²) in [7, 11) is -2.17. The third kappa shape index (κ3) is 4.13. The summed E-state index contributed by atoms with van der Waals surface area (Å²) in [5.41, 5.74) is 1.49. The van der Waals surface area contributed by atoms with E-state index in [0.717, 1.165) is 5.56 Å². The monoisotopic (exact) mass is 503 g/mol. The molecule has 0 nitrogen and oxygen atoms in total. The molecule has 0 aliphatic rings. The predicted molar refractivity (Wildman–Crippen MR) is 140 cm³/mol. The van der Waals surface area contributed by atoms with E-state index in [1.54, 1.807) is 0 Å². The molecule has 0 saturated heterocycles. The molecule has 0 bridgehead atoms. The Bertz CT molecular complexity index is 1070. The van der Waals surface area contributed by atoms with Crippen LogP contribution in [0, 0.1) is 6.92 Å². The van der Waals surface area contributed by atoms with Gasteiger partial charge in [0.2, 0.25) is 0 Å². The lowest BCUT2D eigenvalue weighted by Crippen LogP contribution is -2.32. The van der Waals surface area contributed by atoms with E-state index in [4.69, 9.17) is 46.4 Å². The Hall–Kier alpha value is -1.53. The molecule has 0 saturated carbocycles. The average Bonchev–Trinajstić information content (AvgIpc) is 2.83. The van der Waals surface area contributed by atoms with Crippen molar-refractivity contribution in [2.45, 2.75) is 13.1 Å². The number of hydrogen-bond donors (Lipinski definition) is 0. The van der Waals surface area contributed by atoms with Crippen LogP contribution in [0.25, 0.3) is 0 Å². The van der Waals surface area contributed by atoms with Crippen LogP contribution in [-0.2, 0) is 6.16 Å². The van der Waals surface area contributed by atoms with Gasteiger partial charge in [0.15, 0.2) is 0 Å². The van der Waals surface area contributed by atoms with Crippen molar-refractivity contribution in [3.8, 4) is 0 Å². The summed E-state index contributed by atoms with van der Waals surface area (Å²) in [4.78, 5) is 0. The summed E-state index contributed by atoms with van der Waals surface area (Å²) >= 11 is 26.7. The van der Waals surface area contributed by atoms with E-state index >= 15 is 0 Å². The fourth-order valence-corrected chi connectivity index (χ4v) is 9.51. The van der Waals surface area contributed by atoms with Crippen LogP contribution >= 0.6 is 53.7 Å². The van der Waals surface area contributed by atoms with Gasteiger partial charge in [-0.2, -0.15) is 0 Å². The van der Waals surface area contributed by atoms with Crippen molar-refractivity contribution in [2.75, 3.05) is 0 Å². The molecule has 0 unspecified atom stereocenters. The maximum Gasteiger partial charge on any atom is 0.116 e. The van der Waals surface area contributed by atoms with E-state index in [1.807, 2.05) is 25.1 Å². The molecule has 0 radical (unpaired) electrons. The molecule has 156 valence electrons. The number of hydrogen-bond acceptors (Lipinski definition) is 0. The van der Waals surface area contributed by atoms with Crippen molar-refractivity contribution in [3.05, 3.63) is 122 Å². The van der Waals surface area contributed by atoms with Crippen LogP contribution in [0.1, 0.15) is 11.1 Å². The van der Waals surface area contributed by atoms with Crippen molar-refractivity contribution in [1.29, 1.82) is 0 Å². The SMILES string of the molecule is Cc1c(Cl)c(Cl)c(C[P+](c2ccccc2)(c2ccccc2)c2ccccc2)c(Cl)c1Cl. The quantitative estimate of drug-likeness (QED) is 0.190. The third-order valence-electron chi connectivity index (χ3n) is 5.56. The molecule has 0 aromatic heterocycles. The molecule has 4 aromatic carbocycles. The van der Waals surface area contributed by atoms with Crippen LogP contribution in [0.2, 0.25) is 20.1 Å². The molecule has 4 aromatic rings. The Balaban J connectivity index is 2.08. The maximum absolute atomic E-state index is 6.79. The Kier molecular flexibility index (Phi) is 6.97. The zero-order valence-electron chi connectivity index (χ0n) is 16.8. The first kappa shape index (κ1) is 22.7. The highest BCUT2D eigenvalue weighted by atomic mass is 35.5. The van der Waals surface area contributed by atoms with Crippen molar-refractivity contribution in [2.24, 2.45) is 0 Å². The van der Waals surface area contributed by atoms with Gasteiger partial charge in [0, 0.05) is 5.56 Å². The van der Waals surface area contributed by atoms with Gasteiger partial charge in [0.05, 0.1) is 20.1 Å². The first-order valence-corrected chi connectivity index (χ1v) is 13.3. The Labute approximate surface area is 204 Å². The molecule has 0 fully saturated rings. The normalized spacial score (nSPS) is 11.5. The second-order valence-electron chi connectivity index (χ2n) is 7.33. The summed E-state index contributed by atoms with van der Waals surface area (Å²) in [6.07, 6.45) is 0.614. The van der Waals surface area contributed by atoms with Gasteiger partial charge in [-0.05, 0) is 48.9 Å². The van der Waals surface area contributed by atoms with E-state index in [9.17, 15) is 0 Å². The molecule has 0 aliphatic heterocycles. The smallest absolute Gasteiger partial charge is 0.0823 e. The summed E-state index contributed by atoms with van der Waals surface area (Å²) in [5.74, 6) is 0. The second kappa shape index (κ2) is 9.53. The Morgan fingerprint density at radius 2 is 0.839 bits per heavy atom. The highest BCUT2D eigenvalue weighted by Gasteiger charge is 2.46. The maximum atomic E-state index is 6.79. The van der Waals surface area contributed by atoms with E-state index in [1.165, 1.54) is 15.9 Å². The molecular weight excluding hydrogens is 485 g/mol. The van der Waals surface area contributed by atoms with Gasteiger partial charge in [-0.1, -0.05) is 101 Å². The van der Waals surface area contributed by atoms with E-state index in [-0.39, 0.29) is 0 Å². The summed E-state index contributed by atoms with van der Waals surface area (Å²) in [6, 6.07) is 31.7. The minimum absolute atomic E-state index is 0.457. The van der Waals surface area contributed by atoms with Crippen LogP contribution in [0.15, 0.2) is 91.0 Å². The first-order chi connectivity index (χ1) is 15.0. The molecule has 5 heteroatoms. The van der Waals surface area contributed by atoms with Crippen LogP contribution in [0.3, 0.4) is 0 Å². The molecule has 0 N–H and O–H groups in total. The first-order valence-electron chi connectivity index (χ1n) is 9.83. The fraction of sp³-hybridized carbons (Fsp3) is 0.0769.